The second-order valence-electron chi connectivity index (χ2n) is 7.54. The van der Waals surface area contributed by atoms with E-state index in [4.69, 9.17) is 0 Å². The predicted octanol–water partition coefficient (Wildman–Crippen LogP) is 4.68. The van der Waals surface area contributed by atoms with E-state index in [9.17, 15) is 9.90 Å². The highest BCUT2D eigenvalue weighted by Gasteiger charge is 2.54. The number of para-hydroxylation sites is 1. The third-order valence-corrected chi connectivity index (χ3v) is 6.51. The number of benzene rings is 2. The summed E-state index contributed by atoms with van der Waals surface area (Å²) in [6.45, 7) is 0. The Balaban J connectivity index is 1.69. The third-order valence-electron chi connectivity index (χ3n) is 6.51. The van der Waals surface area contributed by atoms with E-state index >= 15 is 0 Å². The van der Waals surface area contributed by atoms with Crippen LogP contribution in [0.5, 0.6) is 0 Å². The van der Waals surface area contributed by atoms with Crippen molar-refractivity contribution in [2.75, 3.05) is 5.32 Å². The van der Waals surface area contributed by atoms with Gasteiger partial charge in [-0.05, 0) is 60.1 Å². The van der Waals surface area contributed by atoms with Crippen molar-refractivity contribution >= 4 is 11.7 Å². The highest BCUT2D eigenvalue weighted by atomic mass is 16.4. The first-order valence-corrected chi connectivity index (χ1v) is 8.91. The zero-order valence-electron chi connectivity index (χ0n) is 13.5. The summed E-state index contributed by atoms with van der Waals surface area (Å²) in [5.41, 5.74) is 3.78. The number of aromatic carboxylic acids is 1. The Labute approximate surface area is 141 Å². The molecule has 0 spiro atoms. The lowest BCUT2D eigenvalue weighted by Crippen LogP contribution is -2.36. The minimum atomic E-state index is -0.840. The number of hydrogen-bond donors (Lipinski definition) is 2. The molecule has 0 unspecified atom stereocenters. The van der Waals surface area contributed by atoms with E-state index in [-0.39, 0.29) is 6.04 Å². The van der Waals surface area contributed by atoms with Crippen molar-refractivity contribution in [3.8, 4) is 0 Å². The molecule has 0 amide bonds. The van der Waals surface area contributed by atoms with Crippen molar-refractivity contribution in [3.05, 3.63) is 65.2 Å². The van der Waals surface area contributed by atoms with Gasteiger partial charge in [0.05, 0.1) is 17.3 Å². The average Bonchev–Trinajstić information content (AvgIpc) is 3.23. The Hall–Kier alpha value is -2.29. The van der Waals surface area contributed by atoms with Gasteiger partial charge in [-0.15, -0.1) is 0 Å². The van der Waals surface area contributed by atoms with Gasteiger partial charge in [0, 0.05) is 0 Å². The molecule has 2 aliphatic carbocycles. The van der Waals surface area contributed by atoms with Crippen LogP contribution in [0.4, 0.5) is 5.69 Å². The zero-order valence-corrected chi connectivity index (χ0v) is 13.5. The van der Waals surface area contributed by atoms with Gasteiger partial charge in [-0.25, -0.2) is 4.79 Å². The Kier molecular flexibility index (Phi) is 2.99. The fourth-order valence-electron chi connectivity index (χ4n) is 5.68. The van der Waals surface area contributed by atoms with Gasteiger partial charge in [0.25, 0.3) is 0 Å². The van der Waals surface area contributed by atoms with Crippen LogP contribution < -0.4 is 5.32 Å². The number of nitrogens with one attached hydrogen (secondary N) is 1. The lowest BCUT2D eigenvalue weighted by Gasteiger charge is -2.44. The van der Waals surface area contributed by atoms with Crippen LogP contribution in [-0.4, -0.2) is 11.1 Å². The lowest BCUT2D eigenvalue weighted by molar-refractivity contribution is 0.0697. The third kappa shape index (κ3) is 1.87. The van der Waals surface area contributed by atoms with Crippen molar-refractivity contribution in [2.45, 2.75) is 31.2 Å². The summed E-state index contributed by atoms with van der Waals surface area (Å²) in [6, 6.07) is 16.6. The Bertz CT molecular complexity index is 801. The number of carboxylic acid groups (broad SMARTS) is 1. The SMILES string of the molecule is O=C(O)c1cccc2c1N[C@@H](c1ccccc1)[C@H]1[C@@H]3CC[C@@H](C3)[C@@H]21. The van der Waals surface area contributed by atoms with Gasteiger partial charge in [-0.2, -0.15) is 0 Å². The lowest BCUT2D eigenvalue weighted by atomic mass is 9.67. The highest BCUT2D eigenvalue weighted by Crippen LogP contribution is 2.63. The van der Waals surface area contributed by atoms with Crippen LogP contribution in [0.2, 0.25) is 0 Å². The largest absolute Gasteiger partial charge is 0.478 e. The van der Waals surface area contributed by atoms with Gasteiger partial charge in [0.2, 0.25) is 0 Å². The molecule has 1 heterocycles. The molecule has 5 atom stereocenters. The van der Waals surface area contributed by atoms with Crippen molar-refractivity contribution < 1.29 is 9.90 Å². The molecule has 122 valence electrons. The van der Waals surface area contributed by atoms with Gasteiger partial charge in [0.1, 0.15) is 0 Å². The second kappa shape index (κ2) is 5.10. The Morgan fingerprint density at radius 2 is 1.79 bits per heavy atom. The molecule has 24 heavy (non-hydrogen) atoms. The summed E-state index contributed by atoms with van der Waals surface area (Å²) in [6.07, 6.45) is 3.92. The quantitative estimate of drug-likeness (QED) is 0.845. The van der Waals surface area contributed by atoms with Gasteiger partial charge in [-0.1, -0.05) is 42.5 Å². The molecule has 2 aromatic rings. The maximum absolute atomic E-state index is 11.7. The number of fused-ring (bicyclic) bond motifs is 7. The molecule has 2 saturated carbocycles. The number of hydrogen-bond acceptors (Lipinski definition) is 2. The van der Waals surface area contributed by atoms with Crippen molar-refractivity contribution in [1.82, 2.24) is 0 Å². The van der Waals surface area contributed by atoms with Gasteiger partial charge >= 0.3 is 5.97 Å². The number of carboxylic acids is 1. The molecule has 1 aliphatic heterocycles. The summed E-state index contributed by atoms with van der Waals surface area (Å²) in [5, 5.41) is 13.3. The van der Waals surface area contributed by atoms with Crippen LogP contribution in [0.3, 0.4) is 0 Å². The van der Waals surface area contributed by atoms with E-state index in [1.807, 2.05) is 12.1 Å². The fraction of sp³-hybridized carbons (Fsp3) is 0.381. The fourth-order valence-corrected chi connectivity index (χ4v) is 5.68. The molecule has 2 fully saturated rings. The molecule has 3 heteroatoms. The zero-order chi connectivity index (χ0) is 16.3. The Morgan fingerprint density at radius 1 is 1.00 bits per heavy atom. The van der Waals surface area contributed by atoms with Crippen molar-refractivity contribution in [2.24, 2.45) is 17.8 Å². The van der Waals surface area contributed by atoms with E-state index in [1.165, 1.54) is 30.4 Å². The topological polar surface area (TPSA) is 49.3 Å². The summed E-state index contributed by atoms with van der Waals surface area (Å²) in [5.74, 6) is 1.73. The molecule has 2 bridgehead atoms. The number of anilines is 1. The van der Waals surface area contributed by atoms with E-state index in [0.717, 1.165) is 17.5 Å². The van der Waals surface area contributed by atoms with Gasteiger partial charge < -0.3 is 10.4 Å². The molecular formula is C21H21NO2. The number of rotatable bonds is 2. The van der Waals surface area contributed by atoms with Crippen LogP contribution in [-0.2, 0) is 0 Å². The normalized spacial score (nSPS) is 32.8. The number of carbonyl (C=O) groups is 1. The van der Waals surface area contributed by atoms with Crippen LogP contribution in [0.15, 0.2) is 48.5 Å². The predicted molar refractivity (Wildman–Crippen MR) is 93.3 cm³/mol. The monoisotopic (exact) mass is 319 g/mol. The second-order valence-corrected chi connectivity index (χ2v) is 7.54. The molecule has 2 aromatic carbocycles. The van der Waals surface area contributed by atoms with E-state index in [1.54, 1.807) is 6.07 Å². The van der Waals surface area contributed by atoms with Crippen LogP contribution in [0.25, 0.3) is 0 Å². The van der Waals surface area contributed by atoms with E-state index in [2.05, 4.69) is 35.6 Å². The van der Waals surface area contributed by atoms with Crippen molar-refractivity contribution in [3.63, 3.8) is 0 Å². The van der Waals surface area contributed by atoms with Crippen LogP contribution in [0, 0.1) is 17.8 Å². The molecule has 3 nitrogen and oxygen atoms in total. The van der Waals surface area contributed by atoms with Crippen LogP contribution >= 0.6 is 0 Å². The van der Waals surface area contributed by atoms with Crippen LogP contribution in [0.1, 0.15) is 52.7 Å². The van der Waals surface area contributed by atoms with Crippen molar-refractivity contribution in [1.29, 1.82) is 0 Å². The first-order chi connectivity index (χ1) is 11.7. The van der Waals surface area contributed by atoms with Gasteiger partial charge in [-0.3, -0.25) is 0 Å². The Morgan fingerprint density at radius 3 is 2.58 bits per heavy atom. The minimum Gasteiger partial charge on any atom is -0.478 e. The van der Waals surface area contributed by atoms with E-state index < -0.39 is 5.97 Å². The maximum Gasteiger partial charge on any atom is 0.337 e. The molecule has 2 N–H and O–H groups in total. The smallest absolute Gasteiger partial charge is 0.337 e. The standard InChI is InChI=1S/C21H21NO2/c23-21(24)16-8-4-7-15-17-13-9-10-14(11-13)18(17)19(22-20(15)16)12-5-2-1-3-6-12/h1-8,13-14,17-19,22H,9-11H2,(H,23,24)/t13-,14+,17-,18-,19-/m0/s1. The van der Waals surface area contributed by atoms with E-state index in [0.29, 0.717) is 17.4 Å². The molecule has 5 rings (SSSR count). The molecule has 0 saturated heterocycles. The summed E-state index contributed by atoms with van der Waals surface area (Å²) >= 11 is 0. The maximum atomic E-state index is 11.7. The summed E-state index contributed by atoms with van der Waals surface area (Å²) in [4.78, 5) is 11.7. The first kappa shape index (κ1) is 14.1. The molecular weight excluding hydrogens is 298 g/mol. The summed E-state index contributed by atoms with van der Waals surface area (Å²) < 4.78 is 0. The molecule has 3 aliphatic rings. The molecule has 0 aromatic heterocycles. The molecule has 0 radical (unpaired) electrons. The first-order valence-electron chi connectivity index (χ1n) is 8.91. The summed E-state index contributed by atoms with van der Waals surface area (Å²) in [7, 11) is 0. The minimum absolute atomic E-state index is 0.222. The van der Waals surface area contributed by atoms with Gasteiger partial charge in [0.15, 0.2) is 0 Å². The highest BCUT2D eigenvalue weighted by molar-refractivity contribution is 5.95. The average molecular weight is 319 g/mol.